The van der Waals surface area contributed by atoms with Crippen molar-refractivity contribution >= 4 is 29.2 Å². The number of ether oxygens (including phenoxy) is 2. The van der Waals surface area contributed by atoms with Gasteiger partial charge in [0.05, 0.1) is 22.1 Å². The first-order valence-corrected chi connectivity index (χ1v) is 12.1. The molecule has 2 amide bonds. The molecule has 1 aliphatic rings. The van der Waals surface area contributed by atoms with Crippen molar-refractivity contribution in [2.24, 2.45) is 0 Å². The Kier molecular flexibility index (Phi) is 8.29. The summed E-state index contributed by atoms with van der Waals surface area (Å²) in [4.78, 5) is 30.5. The summed E-state index contributed by atoms with van der Waals surface area (Å²) in [6.07, 6.45) is 3.95. The van der Waals surface area contributed by atoms with Crippen molar-refractivity contribution < 1.29 is 23.5 Å². The Morgan fingerprint density at radius 3 is 2.39 bits per heavy atom. The van der Waals surface area contributed by atoms with Gasteiger partial charge in [-0.25, -0.2) is 19.0 Å². The lowest BCUT2D eigenvalue weighted by Crippen LogP contribution is -2.38. The van der Waals surface area contributed by atoms with E-state index in [0.717, 1.165) is 35.6 Å². The Morgan fingerprint density at radius 1 is 1.12 bits per heavy atom. The Hall–Kier alpha value is -2.68. The standard InChI is InChI=1S/C24H32FN3O4S/c1-14(2)31-23(29)27-17-8-6-16(7-9-17)22-26-13-21(33-22)19-11-10-18(12-20(19)25)28(5)24(30)32-15(3)4/h10-17H,6-9H2,1-5H3,(H,27,29). The number of hydrogen-bond donors (Lipinski definition) is 1. The van der Waals surface area contributed by atoms with Gasteiger partial charge in [-0.05, 0) is 71.6 Å². The SMILES string of the molecule is CC(C)OC(=O)NC1CCC(c2ncc(-c3ccc(N(C)C(=O)OC(C)C)cc3F)s2)CC1. The molecular formula is C24H32FN3O4S. The van der Waals surface area contributed by atoms with E-state index < -0.39 is 11.9 Å². The van der Waals surface area contributed by atoms with Gasteiger partial charge < -0.3 is 14.8 Å². The van der Waals surface area contributed by atoms with Crippen LogP contribution in [0.4, 0.5) is 19.7 Å². The number of benzene rings is 1. The summed E-state index contributed by atoms with van der Waals surface area (Å²) < 4.78 is 25.2. The van der Waals surface area contributed by atoms with E-state index in [2.05, 4.69) is 10.3 Å². The van der Waals surface area contributed by atoms with Gasteiger partial charge >= 0.3 is 12.2 Å². The van der Waals surface area contributed by atoms with Gasteiger partial charge in [-0.15, -0.1) is 11.3 Å². The van der Waals surface area contributed by atoms with Crippen molar-refractivity contribution in [1.82, 2.24) is 10.3 Å². The van der Waals surface area contributed by atoms with Crippen LogP contribution in [0.15, 0.2) is 24.4 Å². The fourth-order valence-corrected chi connectivity index (χ4v) is 4.91. The zero-order chi connectivity index (χ0) is 24.1. The Bertz CT molecular complexity index is 970. The molecule has 1 saturated carbocycles. The molecule has 1 fully saturated rings. The highest BCUT2D eigenvalue weighted by atomic mass is 32.1. The molecule has 0 atom stereocenters. The van der Waals surface area contributed by atoms with E-state index in [1.54, 1.807) is 39.2 Å². The number of nitrogens with one attached hydrogen (secondary N) is 1. The van der Waals surface area contributed by atoms with Crippen molar-refractivity contribution in [1.29, 1.82) is 0 Å². The van der Waals surface area contributed by atoms with Gasteiger partial charge in [0.15, 0.2) is 0 Å². The molecule has 1 N–H and O–H groups in total. The van der Waals surface area contributed by atoms with Crippen molar-refractivity contribution in [3.05, 3.63) is 35.2 Å². The molecule has 1 aliphatic carbocycles. The maximum Gasteiger partial charge on any atom is 0.414 e. The van der Waals surface area contributed by atoms with Crippen molar-refractivity contribution in [2.75, 3.05) is 11.9 Å². The summed E-state index contributed by atoms with van der Waals surface area (Å²) in [5.41, 5.74) is 0.883. The number of amides is 2. The lowest BCUT2D eigenvalue weighted by Gasteiger charge is -2.28. The normalized spacial score (nSPS) is 18.3. The van der Waals surface area contributed by atoms with Crippen LogP contribution in [-0.2, 0) is 9.47 Å². The second-order valence-electron chi connectivity index (χ2n) is 8.87. The number of halogens is 1. The van der Waals surface area contributed by atoms with E-state index in [4.69, 9.17) is 9.47 Å². The summed E-state index contributed by atoms with van der Waals surface area (Å²) in [5, 5.41) is 3.91. The van der Waals surface area contributed by atoms with Crippen LogP contribution in [0.2, 0.25) is 0 Å². The van der Waals surface area contributed by atoms with Crippen molar-refractivity contribution in [2.45, 2.75) is 77.5 Å². The average Bonchev–Trinajstić information content (AvgIpc) is 3.22. The van der Waals surface area contributed by atoms with Gasteiger partial charge in [-0.1, -0.05) is 0 Å². The lowest BCUT2D eigenvalue weighted by atomic mass is 9.86. The largest absolute Gasteiger partial charge is 0.447 e. The summed E-state index contributed by atoms with van der Waals surface area (Å²) in [5.74, 6) is -0.120. The van der Waals surface area contributed by atoms with Gasteiger partial charge in [0.1, 0.15) is 5.82 Å². The molecule has 0 unspecified atom stereocenters. The number of hydrogen-bond acceptors (Lipinski definition) is 6. The molecule has 0 spiro atoms. The number of nitrogens with zero attached hydrogens (tertiary/aromatic N) is 2. The highest BCUT2D eigenvalue weighted by molar-refractivity contribution is 7.15. The molecule has 0 radical (unpaired) electrons. The molecule has 1 heterocycles. The predicted octanol–water partition coefficient (Wildman–Crippen LogP) is 6.09. The van der Waals surface area contributed by atoms with Crippen LogP contribution in [0.3, 0.4) is 0 Å². The number of rotatable bonds is 6. The molecule has 7 nitrogen and oxygen atoms in total. The molecule has 2 aromatic rings. The summed E-state index contributed by atoms with van der Waals surface area (Å²) >= 11 is 1.49. The van der Waals surface area contributed by atoms with E-state index in [9.17, 15) is 14.0 Å². The minimum atomic E-state index is -0.528. The number of anilines is 1. The van der Waals surface area contributed by atoms with Crippen LogP contribution >= 0.6 is 11.3 Å². The quantitative estimate of drug-likeness (QED) is 0.544. The van der Waals surface area contributed by atoms with E-state index in [1.807, 2.05) is 13.8 Å². The maximum atomic E-state index is 14.9. The monoisotopic (exact) mass is 477 g/mol. The van der Waals surface area contributed by atoms with Gasteiger partial charge in [-0.3, -0.25) is 4.90 Å². The molecular weight excluding hydrogens is 445 g/mol. The highest BCUT2D eigenvalue weighted by Gasteiger charge is 2.26. The van der Waals surface area contributed by atoms with Crippen LogP contribution in [-0.4, -0.2) is 42.5 Å². The predicted molar refractivity (Wildman–Crippen MR) is 127 cm³/mol. The molecule has 0 bridgehead atoms. The third-order valence-corrected chi connectivity index (χ3v) is 6.67. The van der Waals surface area contributed by atoms with E-state index >= 15 is 0 Å². The third kappa shape index (κ3) is 6.66. The van der Waals surface area contributed by atoms with Crippen LogP contribution in [0, 0.1) is 5.82 Å². The van der Waals surface area contributed by atoms with Gasteiger partial charge in [-0.2, -0.15) is 0 Å². The first-order valence-electron chi connectivity index (χ1n) is 11.3. The van der Waals surface area contributed by atoms with E-state index in [0.29, 0.717) is 17.2 Å². The second-order valence-corrected chi connectivity index (χ2v) is 9.93. The first-order chi connectivity index (χ1) is 15.6. The zero-order valence-corrected chi connectivity index (χ0v) is 20.6. The number of carbonyl (C=O) groups is 2. The van der Waals surface area contributed by atoms with Crippen LogP contribution in [0.25, 0.3) is 10.4 Å². The molecule has 1 aromatic carbocycles. The fourth-order valence-electron chi connectivity index (χ4n) is 3.80. The van der Waals surface area contributed by atoms with Crippen LogP contribution in [0.1, 0.15) is 64.3 Å². The average molecular weight is 478 g/mol. The van der Waals surface area contributed by atoms with Gasteiger partial charge in [0.25, 0.3) is 0 Å². The number of alkyl carbamates (subject to hydrolysis) is 1. The summed E-state index contributed by atoms with van der Waals surface area (Å²) in [6, 6.07) is 4.81. The fraction of sp³-hybridized carbons (Fsp3) is 0.542. The number of aromatic nitrogens is 1. The molecule has 1 aromatic heterocycles. The zero-order valence-electron chi connectivity index (χ0n) is 19.8. The van der Waals surface area contributed by atoms with Crippen LogP contribution in [0.5, 0.6) is 0 Å². The topological polar surface area (TPSA) is 80.8 Å². The summed E-state index contributed by atoms with van der Waals surface area (Å²) in [7, 11) is 1.55. The highest BCUT2D eigenvalue weighted by Crippen LogP contribution is 2.38. The number of thiazole rings is 1. The Labute approximate surface area is 198 Å². The van der Waals surface area contributed by atoms with E-state index in [1.165, 1.54) is 22.3 Å². The molecule has 9 heteroatoms. The van der Waals surface area contributed by atoms with Gasteiger partial charge in [0.2, 0.25) is 0 Å². The van der Waals surface area contributed by atoms with Gasteiger partial charge in [0, 0.05) is 36.5 Å². The Balaban J connectivity index is 1.61. The van der Waals surface area contributed by atoms with Crippen molar-refractivity contribution in [3.8, 4) is 10.4 Å². The lowest BCUT2D eigenvalue weighted by molar-refractivity contribution is 0.109. The second kappa shape index (κ2) is 11.0. The molecule has 3 rings (SSSR count). The molecule has 180 valence electrons. The maximum absolute atomic E-state index is 14.9. The Morgan fingerprint density at radius 2 is 1.79 bits per heavy atom. The molecule has 0 aliphatic heterocycles. The van der Waals surface area contributed by atoms with Crippen LogP contribution < -0.4 is 10.2 Å². The number of carbonyl (C=O) groups excluding carboxylic acids is 2. The minimum Gasteiger partial charge on any atom is -0.447 e. The third-order valence-electron chi connectivity index (χ3n) is 5.48. The first kappa shape index (κ1) is 25.0. The van der Waals surface area contributed by atoms with Crippen molar-refractivity contribution in [3.63, 3.8) is 0 Å². The molecule has 33 heavy (non-hydrogen) atoms. The summed E-state index contributed by atoms with van der Waals surface area (Å²) in [6.45, 7) is 7.18. The van der Waals surface area contributed by atoms with E-state index in [-0.39, 0.29) is 24.3 Å². The molecule has 0 saturated heterocycles. The smallest absolute Gasteiger partial charge is 0.414 e. The minimum absolute atomic E-state index is 0.108.